The van der Waals surface area contributed by atoms with Crippen molar-refractivity contribution in [2.75, 3.05) is 5.88 Å². The Morgan fingerprint density at radius 3 is 2.11 bits per heavy atom. The Balaban J connectivity index is 2.44. The molecule has 0 saturated heterocycles. The second-order valence-corrected chi connectivity index (χ2v) is 8.33. The van der Waals surface area contributed by atoms with Gasteiger partial charge < -0.3 is 0 Å². The molecule has 0 nitrogen and oxygen atoms in total. The highest BCUT2D eigenvalue weighted by Crippen LogP contribution is 2.48. The van der Waals surface area contributed by atoms with E-state index >= 15 is 0 Å². The molecule has 0 aromatic rings. The molecule has 0 atom stereocenters. The van der Waals surface area contributed by atoms with Gasteiger partial charge in [0.1, 0.15) is 0 Å². The second kappa shape index (κ2) is 6.64. The molecule has 1 fully saturated rings. The van der Waals surface area contributed by atoms with Gasteiger partial charge in [-0.15, -0.1) is 11.6 Å². The Labute approximate surface area is 120 Å². The van der Waals surface area contributed by atoms with Crippen molar-refractivity contribution in [2.45, 2.75) is 79.6 Å². The van der Waals surface area contributed by atoms with E-state index in [0.29, 0.717) is 10.8 Å². The van der Waals surface area contributed by atoms with Crippen molar-refractivity contribution in [1.82, 2.24) is 0 Å². The quantitative estimate of drug-likeness (QED) is 0.517. The fourth-order valence-electron chi connectivity index (χ4n) is 3.43. The highest BCUT2D eigenvalue weighted by Gasteiger charge is 2.37. The maximum atomic E-state index is 6.31. The van der Waals surface area contributed by atoms with E-state index < -0.39 is 0 Å². The largest absolute Gasteiger partial charge is 0.126 e. The molecule has 0 heterocycles. The molecule has 0 unspecified atom stereocenters. The zero-order valence-corrected chi connectivity index (χ0v) is 13.9. The highest BCUT2D eigenvalue weighted by molar-refractivity contribution is 6.18. The van der Waals surface area contributed by atoms with Crippen LogP contribution in [-0.4, -0.2) is 5.88 Å². The van der Waals surface area contributed by atoms with Crippen LogP contribution in [0.15, 0.2) is 0 Å². The number of rotatable bonds is 5. The summed E-state index contributed by atoms with van der Waals surface area (Å²) < 4.78 is 0. The third-order valence-electron chi connectivity index (χ3n) is 5.04. The number of alkyl halides is 1. The lowest BCUT2D eigenvalue weighted by Crippen LogP contribution is -2.33. The average Bonchev–Trinajstić information content (AvgIpc) is 2.28. The van der Waals surface area contributed by atoms with Crippen molar-refractivity contribution >= 4 is 11.6 Å². The predicted molar refractivity (Wildman–Crippen MR) is 83.3 cm³/mol. The molecule has 0 amide bonds. The summed E-state index contributed by atoms with van der Waals surface area (Å²) in [6.07, 6.45) is 9.57. The molecule has 0 aliphatic heterocycles. The SMILES string of the molecule is CC(C)CCCC1(CCl)CCC(C(C)(C)C)CC1. The summed E-state index contributed by atoms with van der Waals surface area (Å²) in [5.41, 5.74) is 0.953. The van der Waals surface area contributed by atoms with Crippen molar-refractivity contribution in [2.24, 2.45) is 22.7 Å². The van der Waals surface area contributed by atoms with Gasteiger partial charge in [-0.05, 0) is 54.8 Å². The van der Waals surface area contributed by atoms with Crippen LogP contribution in [0.4, 0.5) is 0 Å². The normalized spacial score (nSPS) is 29.8. The zero-order chi connectivity index (χ0) is 13.8. The molecular formula is C17H33Cl. The summed E-state index contributed by atoms with van der Waals surface area (Å²) in [5, 5.41) is 0. The van der Waals surface area contributed by atoms with Gasteiger partial charge in [0.15, 0.2) is 0 Å². The van der Waals surface area contributed by atoms with Gasteiger partial charge in [-0.25, -0.2) is 0 Å². The Hall–Kier alpha value is 0.290. The maximum Gasteiger partial charge on any atom is 0.0280 e. The minimum atomic E-state index is 0.470. The van der Waals surface area contributed by atoms with Gasteiger partial charge in [0, 0.05) is 5.88 Å². The maximum absolute atomic E-state index is 6.31. The summed E-state index contributed by atoms with van der Waals surface area (Å²) in [4.78, 5) is 0. The molecule has 18 heavy (non-hydrogen) atoms. The summed E-state index contributed by atoms with van der Waals surface area (Å²) in [7, 11) is 0. The van der Waals surface area contributed by atoms with Crippen LogP contribution in [0.2, 0.25) is 0 Å². The third-order valence-corrected chi connectivity index (χ3v) is 5.61. The molecule has 0 radical (unpaired) electrons. The monoisotopic (exact) mass is 272 g/mol. The van der Waals surface area contributed by atoms with E-state index in [1.54, 1.807) is 0 Å². The summed E-state index contributed by atoms with van der Waals surface area (Å²) in [5.74, 6) is 2.62. The first-order valence-electron chi connectivity index (χ1n) is 7.85. The van der Waals surface area contributed by atoms with Crippen molar-refractivity contribution in [3.05, 3.63) is 0 Å². The van der Waals surface area contributed by atoms with E-state index in [0.717, 1.165) is 17.7 Å². The Bertz CT molecular complexity index is 228. The molecule has 1 aliphatic rings. The van der Waals surface area contributed by atoms with Gasteiger partial charge in [0.05, 0.1) is 0 Å². The molecule has 1 aliphatic carbocycles. The van der Waals surface area contributed by atoms with Crippen molar-refractivity contribution in [3.8, 4) is 0 Å². The second-order valence-electron chi connectivity index (χ2n) is 8.06. The highest BCUT2D eigenvalue weighted by atomic mass is 35.5. The summed E-state index contributed by atoms with van der Waals surface area (Å²) in [6.45, 7) is 11.8. The molecule has 0 N–H and O–H groups in total. The number of hydrogen-bond donors (Lipinski definition) is 0. The van der Waals surface area contributed by atoms with Gasteiger partial charge in [-0.3, -0.25) is 0 Å². The lowest BCUT2D eigenvalue weighted by Gasteiger charge is -2.43. The van der Waals surface area contributed by atoms with Crippen LogP contribution in [0.25, 0.3) is 0 Å². The van der Waals surface area contributed by atoms with E-state index in [2.05, 4.69) is 34.6 Å². The van der Waals surface area contributed by atoms with Gasteiger partial charge in [0.2, 0.25) is 0 Å². The van der Waals surface area contributed by atoms with Crippen LogP contribution in [0.3, 0.4) is 0 Å². The molecule has 108 valence electrons. The molecular weight excluding hydrogens is 240 g/mol. The lowest BCUT2D eigenvalue weighted by molar-refractivity contribution is 0.0931. The smallest absolute Gasteiger partial charge is 0.0280 e. The first-order valence-corrected chi connectivity index (χ1v) is 8.38. The lowest BCUT2D eigenvalue weighted by atomic mass is 9.63. The van der Waals surface area contributed by atoms with E-state index in [1.165, 1.54) is 44.9 Å². The minimum Gasteiger partial charge on any atom is -0.126 e. The van der Waals surface area contributed by atoms with E-state index in [1.807, 2.05) is 0 Å². The summed E-state index contributed by atoms with van der Waals surface area (Å²) >= 11 is 6.31. The van der Waals surface area contributed by atoms with Crippen LogP contribution >= 0.6 is 11.6 Å². The van der Waals surface area contributed by atoms with E-state index in [9.17, 15) is 0 Å². The average molecular weight is 273 g/mol. The molecule has 1 rings (SSSR count). The molecule has 1 saturated carbocycles. The molecule has 1 heteroatoms. The number of halogens is 1. The summed E-state index contributed by atoms with van der Waals surface area (Å²) in [6, 6.07) is 0. The molecule has 0 spiro atoms. The van der Waals surface area contributed by atoms with Gasteiger partial charge >= 0.3 is 0 Å². The number of hydrogen-bond acceptors (Lipinski definition) is 0. The molecule has 0 aromatic heterocycles. The molecule has 0 bridgehead atoms. The first kappa shape index (κ1) is 16.3. The van der Waals surface area contributed by atoms with Gasteiger partial charge in [-0.1, -0.05) is 47.5 Å². The standard InChI is InChI=1S/C17H33Cl/c1-14(2)7-6-10-17(13-18)11-8-15(9-12-17)16(3,4)5/h14-15H,6-13H2,1-5H3. The fourth-order valence-corrected chi connectivity index (χ4v) is 3.83. The predicted octanol–water partition coefficient (Wildman–Crippen LogP) is 6.27. The first-order chi connectivity index (χ1) is 8.29. The van der Waals surface area contributed by atoms with Crippen LogP contribution in [0.5, 0.6) is 0 Å². The van der Waals surface area contributed by atoms with Crippen LogP contribution in [0, 0.1) is 22.7 Å². The Morgan fingerprint density at radius 1 is 1.17 bits per heavy atom. The van der Waals surface area contributed by atoms with Crippen molar-refractivity contribution < 1.29 is 0 Å². The van der Waals surface area contributed by atoms with Crippen molar-refractivity contribution in [1.29, 1.82) is 0 Å². The third kappa shape index (κ3) is 4.76. The Kier molecular flexibility index (Phi) is 6.03. The van der Waals surface area contributed by atoms with Crippen LogP contribution in [-0.2, 0) is 0 Å². The Morgan fingerprint density at radius 2 is 1.72 bits per heavy atom. The van der Waals surface area contributed by atoms with Gasteiger partial charge in [0.25, 0.3) is 0 Å². The van der Waals surface area contributed by atoms with E-state index in [-0.39, 0.29) is 0 Å². The van der Waals surface area contributed by atoms with Crippen LogP contribution in [0.1, 0.15) is 79.6 Å². The van der Waals surface area contributed by atoms with Crippen molar-refractivity contribution in [3.63, 3.8) is 0 Å². The van der Waals surface area contributed by atoms with Gasteiger partial charge in [-0.2, -0.15) is 0 Å². The minimum absolute atomic E-state index is 0.470. The topological polar surface area (TPSA) is 0 Å². The fraction of sp³-hybridized carbons (Fsp3) is 1.00. The zero-order valence-electron chi connectivity index (χ0n) is 13.2. The van der Waals surface area contributed by atoms with Crippen LogP contribution < -0.4 is 0 Å². The van der Waals surface area contributed by atoms with E-state index in [4.69, 9.17) is 11.6 Å². The molecule has 0 aromatic carbocycles.